The molecule has 0 aliphatic carbocycles. The summed E-state index contributed by atoms with van der Waals surface area (Å²) in [7, 11) is -3.19. The highest BCUT2D eigenvalue weighted by molar-refractivity contribution is 7.88. The highest BCUT2D eigenvalue weighted by atomic mass is 32.2. The van der Waals surface area contributed by atoms with E-state index in [0.717, 1.165) is 18.5 Å². The van der Waals surface area contributed by atoms with Crippen LogP contribution in [0.5, 0.6) is 0 Å². The van der Waals surface area contributed by atoms with E-state index in [1.165, 1.54) is 10.6 Å². The number of rotatable bonds is 3. The maximum Gasteiger partial charge on any atom is 0.272 e. The minimum atomic E-state index is -3.19. The van der Waals surface area contributed by atoms with Gasteiger partial charge < -0.3 is 5.32 Å². The lowest BCUT2D eigenvalue weighted by atomic mass is 10.1. The standard InChI is InChI=1S/C11H18N4O3S/c1-8-6-10(14-13-8)11(16)12-9-4-3-5-15(7-9)19(2,17)18/h6,9H,3-5,7H2,1-2H3,(H,12,16)(H,13,14). The Balaban J connectivity index is 1.98. The van der Waals surface area contributed by atoms with Gasteiger partial charge in [-0.3, -0.25) is 9.89 Å². The topological polar surface area (TPSA) is 95.2 Å². The number of H-pyrrole nitrogens is 1. The van der Waals surface area contributed by atoms with Crippen molar-refractivity contribution in [3.8, 4) is 0 Å². The number of hydrogen-bond acceptors (Lipinski definition) is 4. The molecule has 1 aromatic rings. The summed E-state index contributed by atoms with van der Waals surface area (Å²) in [5.41, 5.74) is 1.14. The van der Waals surface area contributed by atoms with Gasteiger partial charge in [0.05, 0.1) is 6.26 Å². The molecule has 0 saturated carbocycles. The van der Waals surface area contributed by atoms with Crippen LogP contribution < -0.4 is 5.32 Å². The summed E-state index contributed by atoms with van der Waals surface area (Å²) in [6, 6.07) is 1.50. The highest BCUT2D eigenvalue weighted by Gasteiger charge is 2.27. The Kier molecular flexibility index (Phi) is 3.91. The second-order valence-corrected chi connectivity index (χ2v) is 6.85. The van der Waals surface area contributed by atoms with Crippen LogP contribution >= 0.6 is 0 Å². The van der Waals surface area contributed by atoms with E-state index in [1.54, 1.807) is 6.07 Å². The monoisotopic (exact) mass is 286 g/mol. The smallest absolute Gasteiger partial charge is 0.272 e. The summed E-state index contributed by atoms with van der Waals surface area (Å²) in [4.78, 5) is 11.9. The third-order valence-electron chi connectivity index (χ3n) is 3.13. The number of carbonyl (C=O) groups excluding carboxylic acids is 1. The van der Waals surface area contributed by atoms with E-state index >= 15 is 0 Å². The predicted molar refractivity (Wildman–Crippen MR) is 70.2 cm³/mol. The first-order valence-electron chi connectivity index (χ1n) is 6.14. The molecule has 19 heavy (non-hydrogen) atoms. The van der Waals surface area contributed by atoms with Crippen molar-refractivity contribution < 1.29 is 13.2 Å². The van der Waals surface area contributed by atoms with E-state index in [2.05, 4.69) is 15.5 Å². The van der Waals surface area contributed by atoms with Gasteiger partial charge in [0.1, 0.15) is 5.69 Å². The quantitative estimate of drug-likeness (QED) is 0.809. The average molecular weight is 286 g/mol. The molecule has 2 heterocycles. The van der Waals surface area contributed by atoms with Crippen LogP contribution in [0, 0.1) is 6.92 Å². The van der Waals surface area contributed by atoms with E-state index in [4.69, 9.17) is 0 Å². The lowest BCUT2D eigenvalue weighted by Crippen LogP contribution is -2.49. The summed E-state index contributed by atoms with van der Waals surface area (Å²) in [6.45, 7) is 2.66. The number of nitrogens with one attached hydrogen (secondary N) is 2. The van der Waals surface area contributed by atoms with Crippen LogP contribution in [0.1, 0.15) is 29.0 Å². The summed E-state index contributed by atoms with van der Waals surface area (Å²) in [6.07, 6.45) is 2.72. The van der Waals surface area contributed by atoms with Crippen LogP contribution in [-0.2, 0) is 10.0 Å². The Bertz CT molecular complexity index is 566. The van der Waals surface area contributed by atoms with Crippen LogP contribution in [0.25, 0.3) is 0 Å². The number of piperidine rings is 1. The molecule has 1 unspecified atom stereocenters. The van der Waals surface area contributed by atoms with Gasteiger partial charge >= 0.3 is 0 Å². The molecule has 2 rings (SSSR count). The molecule has 1 saturated heterocycles. The van der Waals surface area contributed by atoms with Gasteiger partial charge in [-0.25, -0.2) is 12.7 Å². The van der Waals surface area contributed by atoms with Gasteiger partial charge in [0.25, 0.3) is 5.91 Å². The van der Waals surface area contributed by atoms with Crippen molar-refractivity contribution in [1.29, 1.82) is 0 Å². The number of hydrogen-bond donors (Lipinski definition) is 2. The van der Waals surface area contributed by atoms with Crippen LogP contribution in [-0.4, -0.2) is 54.2 Å². The normalized spacial score (nSPS) is 21.3. The second-order valence-electron chi connectivity index (χ2n) is 4.87. The molecule has 1 fully saturated rings. The zero-order chi connectivity index (χ0) is 14.0. The molecule has 0 spiro atoms. The first-order chi connectivity index (χ1) is 8.86. The molecule has 0 aromatic carbocycles. The number of nitrogens with zero attached hydrogens (tertiary/aromatic N) is 2. The maximum absolute atomic E-state index is 11.9. The third-order valence-corrected chi connectivity index (χ3v) is 4.40. The Hall–Kier alpha value is -1.41. The number of sulfonamides is 1. The average Bonchev–Trinajstić information content (AvgIpc) is 2.75. The van der Waals surface area contributed by atoms with Gasteiger partial charge in [-0.1, -0.05) is 0 Å². The molecular weight excluding hydrogens is 268 g/mol. The number of amides is 1. The van der Waals surface area contributed by atoms with E-state index in [-0.39, 0.29) is 11.9 Å². The first-order valence-corrected chi connectivity index (χ1v) is 7.99. The number of aryl methyl sites for hydroxylation is 1. The Labute approximate surface area is 112 Å². The molecule has 2 N–H and O–H groups in total. The summed E-state index contributed by atoms with van der Waals surface area (Å²) < 4.78 is 24.4. The molecular formula is C11H18N4O3S. The fourth-order valence-corrected chi connectivity index (χ4v) is 3.07. The van der Waals surface area contributed by atoms with Crippen molar-refractivity contribution >= 4 is 15.9 Å². The number of aromatic nitrogens is 2. The van der Waals surface area contributed by atoms with Crippen molar-refractivity contribution in [3.63, 3.8) is 0 Å². The van der Waals surface area contributed by atoms with Gasteiger partial charge in [0.15, 0.2) is 0 Å². The summed E-state index contributed by atoms with van der Waals surface area (Å²) in [5, 5.41) is 9.41. The SMILES string of the molecule is Cc1cc(C(=O)NC2CCCN(S(C)(=O)=O)C2)n[nH]1. The molecule has 1 aliphatic rings. The van der Waals surface area contributed by atoms with E-state index in [9.17, 15) is 13.2 Å². The lowest BCUT2D eigenvalue weighted by Gasteiger charge is -2.31. The van der Waals surface area contributed by atoms with Crippen LogP contribution in [0.4, 0.5) is 0 Å². The fraction of sp³-hybridized carbons (Fsp3) is 0.636. The van der Waals surface area contributed by atoms with Crippen molar-refractivity contribution in [2.75, 3.05) is 19.3 Å². The lowest BCUT2D eigenvalue weighted by molar-refractivity contribution is 0.0916. The fourth-order valence-electron chi connectivity index (χ4n) is 2.16. The molecule has 0 radical (unpaired) electrons. The third kappa shape index (κ3) is 3.54. The molecule has 1 aromatic heterocycles. The van der Waals surface area contributed by atoms with Gasteiger partial charge in [-0.05, 0) is 25.8 Å². The zero-order valence-corrected chi connectivity index (χ0v) is 11.8. The molecule has 1 aliphatic heterocycles. The molecule has 1 amide bonds. The molecule has 106 valence electrons. The van der Waals surface area contributed by atoms with Crippen LogP contribution in [0.3, 0.4) is 0 Å². The second kappa shape index (κ2) is 5.30. The van der Waals surface area contributed by atoms with Gasteiger partial charge in [0.2, 0.25) is 10.0 Å². The van der Waals surface area contributed by atoms with Crippen molar-refractivity contribution in [2.45, 2.75) is 25.8 Å². The Morgan fingerprint density at radius 3 is 2.89 bits per heavy atom. The number of aromatic amines is 1. The summed E-state index contributed by atoms with van der Waals surface area (Å²) in [5.74, 6) is -0.273. The maximum atomic E-state index is 11.9. The summed E-state index contributed by atoms with van der Waals surface area (Å²) >= 11 is 0. The largest absolute Gasteiger partial charge is 0.347 e. The van der Waals surface area contributed by atoms with Crippen molar-refractivity contribution in [3.05, 3.63) is 17.5 Å². The molecule has 8 heteroatoms. The van der Waals surface area contributed by atoms with E-state index in [0.29, 0.717) is 18.8 Å². The number of carbonyl (C=O) groups is 1. The minimum Gasteiger partial charge on any atom is -0.347 e. The minimum absolute atomic E-state index is 0.159. The predicted octanol–water partition coefficient (Wildman–Crippen LogP) is -0.128. The van der Waals surface area contributed by atoms with E-state index in [1.807, 2.05) is 6.92 Å². The molecule has 0 bridgehead atoms. The Morgan fingerprint density at radius 2 is 2.32 bits per heavy atom. The van der Waals surface area contributed by atoms with Gasteiger partial charge in [-0.2, -0.15) is 5.10 Å². The van der Waals surface area contributed by atoms with Crippen LogP contribution in [0.15, 0.2) is 6.07 Å². The van der Waals surface area contributed by atoms with Crippen molar-refractivity contribution in [1.82, 2.24) is 19.8 Å². The van der Waals surface area contributed by atoms with E-state index < -0.39 is 10.0 Å². The zero-order valence-electron chi connectivity index (χ0n) is 11.0. The highest BCUT2D eigenvalue weighted by Crippen LogP contribution is 2.13. The Morgan fingerprint density at radius 1 is 1.58 bits per heavy atom. The molecule has 1 atom stereocenters. The molecule has 7 nitrogen and oxygen atoms in total. The van der Waals surface area contributed by atoms with Crippen LogP contribution in [0.2, 0.25) is 0 Å². The van der Waals surface area contributed by atoms with Gasteiger partial charge in [0, 0.05) is 24.8 Å². The van der Waals surface area contributed by atoms with Crippen molar-refractivity contribution in [2.24, 2.45) is 0 Å². The first kappa shape index (κ1) is 14.0. The van der Waals surface area contributed by atoms with Gasteiger partial charge in [-0.15, -0.1) is 0 Å².